The standard InChI is InChI=1S/C14H14BrN7O/c15-8-3-9-12(21-22-13(9)17-5-8)14(23)19-10-6-18-20-11(10)7-1-2-16-4-7/h3,5-7,16H,1-2,4H2,(H,18,20)(H,19,23)(H,17,21,22). The molecule has 8 nitrogen and oxygen atoms in total. The summed E-state index contributed by atoms with van der Waals surface area (Å²) < 4.78 is 0.793. The zero-order valence-electron chi connectivity index (χ0n) is 12.1. The molecular formula is C14H14BrN7O. The molecule has 1 atom stereocenters. The molecule has 0 aromatic carbocycles. The number of aromatic amines is 2. The van der Waals surface area contributed by atoms with Gasteiger partial charge in [-0.1, -0.05) is 0 Å². The summed E-state index contributed by atoms with van der Waals surface area (Å²) in [4.78, 5) is 16.7. The van der Waals surface area contributed by atoms with Crippen molar-refractivity contribution < 1.29 is 4.79 Å². The van der Waals surface area contributed by atoms with Crippen molar-refractivity contribution in [3.63, 3.8) is 0 Å². The van der Waals surface area contributed by atoms with Crippen LogP contribution in [0, 0.1) is 0 Å². The number of hydrogen-bond acceptors (Lipinski definition) is 5. The maximum atomic E-state index is 12.6. The minimum atomic E-state index is -0.263. The summed E-state index contributed by atoms with van der Waals surface area (Å²) in [5, 5.41) is 20.8. The number of nitrogens with zero attached hydrogens (tertiary/aromatic N) is 3. The highest BCUT2D eigenvalue weighted by Gasteiger charge is 2.23. The van der Waals surface area contributed by atoms with Crippen LogP contribution in [0.25, 0.3) is 11.0 Å². The largest absolute Gasteiger partial charge is 0.318 e. The lowest BCUT2D eigenvalue weighted by atomic mass is 10.0. The van der Waals surface area contributed by atoms with Crippen LogP contribution >= 0.6 is 15.9 Å². The van der Waals surface area contributed by atoms with Crippen LogP contribution in [-0.2, 0) is 0 Å². The highest BCUT2D eigenvalue weighted by atomic mass is 79.9. The molecule has 4 N–H and O–H groups in total. The normalized spacial score (nSPS) is 17.7. The van der Waals surface area contributed by atoms with Gasteiger partial charge in [-0.15, -0.1) is 0 Å². The molecule has 0 bridgehead atoms. The summed E-state index contributed by atoms with van der Waals surface area (Å²) in [7, 11) is 0. The fraction of sp³-hybridized carbons (Fsp3) is 0.286. The van der Waals surface area contributed by atoms with Gasteiger partial charge in [0.2, 0.25) is 0 Å². The monoisotopic (exact) mass is 375 g/mol. The molecule has 9 heteroatoms. The first-order chi connectivity index (χ1) is 11.2. The lowest BCUT2D eigenvalue weighted by molar-refractivity contribution is 0.102. The first-order valence-corrected chi connectivity index (χ1v) is 8.06. The number of H-pyrrole nitrogens is 2. The molecule has 0 saturated carbocycles. The number of rotatable bonds is 3. The summed E-state index contributed by atoms with van der Waals surface area (Å²) >= 11 is 3.36. The predicted molar refractivity (Wildman–Crippen MR) is 88.4 cm³/mol. The van der Waals surface area contributed by atoms with E-state index in [0.29, 0.717) is 28.3 Å². The van der Waals surface area contributed by atoms with Crippen LogP contribution in [0.2, 0.25) is 0 Å². The van der Waals surface area contributed by atoms with Gasteiger partial charge in [-0.25, -0.2) is 4.98 Å². The molecule has 118 valence electrons. The molecule has 0 radical (unpaired) electrons. The molecule has 1 unspecified atom stereocenters. The smallest absolute Gasteiger partial charge is 0.274 e. The van der Waals surface area contributed by atoms with Gasteiger partial charge >= 0.3 is 0 Å². The van der Waals surface area contributed by atoms with E-state index in [-0.39, 0.29) is 5.91 Å². The molecule has 0 aliphatic carbocycles. The van der Waals surface area contributed by atoms with Crippen molar-refractivity contribution in [2.45, 2.75) is 12.3 Å². The lowest BCUT2D eigenvalue weighted by Gasteiger charge is -2.09. The van der Waals surface area contributed by atoms with Gasteiger partial charge in [-0.2, -0.15) is 10.2 Å². The molecule has 1 fully saturated rings. The number of hydrogen-bond donors (Lipinski definition) is 4. The SMILES string of the molecule is O=C(Nc1cn[nH]c1C1CCNC1)c1[nH]nc2ncc(Br)cc12. The van der Waals surface area contributed by atoms with Gasteiger partial charge in [-0.05, 0) is 35.0 Å². The van der Waals surface area contributed by atoms with Gasteiger partial charge in [0.15, 0.2) is 5.65 Å². The molecule has 23 heavy (non-hydrogen) atoms. The third kappa shape index (κ3) is 2.62. The Kier molecular flexibility index (Phi) is 3.58. The molecule has 3 aromatic heterocycles. The molecule has 1 aliphatic rings. The van der Waals surface area contributed by atoms with Gasteiger partial charge in [-0.3, -0.25) is 15.0 Å². The summed E-state index contributed by atoms with van der Waals surface area (Å²) in [6, 6.07) is 1.82. The Morgan fingerprint density at radius 3 is 3.09 bits per heavy atom. The zero-order valence-corrected chi connectivity index (χ0v) is 13.6. The molecule has 4 heterocycles. The highest BCUT2D eigenvalue weighted by Crippen LogP contribution is 2.27. The Morgan fingerprint density at radius 1 is 1.35 bits per heavy atom. The van der Waals surface area contributed by atoms with E-state index in [1.807, 2.05) is 6.07 Å². The first kappa shape index (κ1) is 14.3. The third-order valence-electron chi connectivity index (χ3n) is 3.99. The molecule has 0 spiro atoms. The number of halogens is 1. The third-order valence-corrected chi connectivity index (χ3v) is 4.42. The second-order valence-corrected chi connectivity index (χ2v) is 6.38. The summed E-state index contributed by atoms with van der Waals surface area (Å²) in [5.74, 6) is 0.0723. The van der Waals surface area contributed by atoms with Crippen molar-refractivity contribution in [3.05, 3.63) is 34.3 Å². The fourth-order valence-electron chi connectivity index (χ4n) is 2.84. The molecule has 1 saturated heterocycles. The van der Waals surface area contributed by atoms with E-state index in [0.717, 1.165) is 29.7 Å². The Morgan fingerprint density at radius 2 is 2.26 bits per heavy atom. The number of nitrogens with one attached hydrogen (secondary N) is 4. The number of fused-ring (bicyclic) bond motifs is 1. The van der Waals surface area contributed by atoms with Gasteiger partial charge in [0.05, 0.1) is 23.0 Å². The Bertz CT molecular complexity index is 865. The van der Waals surface area contributed by atoms with Crippen LogP contribution in [0.4, 0.5) is 5.69 Å². The van der Waals surface area contributed by atoms with Crippen LogP contribution in [-0.4, -0.2) is 44.4 Å². The van der Waals surface area contributed by atoms with E-state index in [1.165, 1.54) is 0 Å². The van der Waals surface area contributed by atoms with E-state index >= 15 is 0 Å². The summed E-state index contributed by atoms with van der Waals surface area (Å²) in [6.45, 7) is 1.86. The van der Waals surface area contributed by atoms with Gasteiger partial charge < -0.3 is 10.6 Å². The van der Waals surface area contributed by atoms with Crippen molar-refractivity contribution in [1.29, 1.82) is 0 Å². The number of aromatic nitrogens is 5. The quantitative estimate of drug-likeness (QED) is 0.557. The molecular weight excluding hydrogens is 362 g/mol. The molecule has 1 aliphatic heterocycles. The fourth-order valence-corrected chi connectivity index (χ4v) is 3.17. The number of carbonyl (C=O) groups excluding carboxylic acids is 1. The maximum absolute atomic E-state index is 12.6. The second-order valence-electron chi connectivity index (χ2n) is 5.46. The highest BCUT2D eigenvalue weighted by molar-refractivity contribution is 9.10. The van der Waals surface area contributed by atoms with Crippen molar-refractivity contribution >= 4 is 38.6 Å². The van der Waals surface area contributed by atoms with E-state index in [2.05, 4.69) is 51.9 Å². The van der Waals surface area contributed by atoms with Crippen LogP contribution in [0.15, 0.2) is 22.9 Å². The van der Waals surface area contributed by atoms with Crippen molar-refractivity contribution in [2.75, 3.05) is 18.4 Å². The lowest BCUT2D eigenvalue weighted by Crippen LogP contribution is -2.15. The van der Waals surface area contributed by atoms with Crippen molar-refractivity contribution in [1.82, 2.24) is 30.7 Å². The average Bonchev–Trinajstić information content (AvgIpc) is 3.26. The van der Waals surface area contributed by atoms with E-state index in [1.54, 1.807) is 12.4 Å². The van der Waals surface area contributed by atoms with Gasteiger partial charge in [0.25, 0.3) is 5.91 Å². The van der Waals surface area contributed by atoms with Crippen molar-refractivity contribution in [2.24, 2.45) is 0 Å². The van der Waals surface area contributed by atoms with Gasteiger partial charge in [0.1, 0.15) is 5.69 Å². The summed E-state index contributed by atoms with van der Waals surface area (Å²) in [5.41, 5.74) is 2.54. The summed E-state index contributed by atoms with van der Waals surface area (Å²) in [6.07, 6.45) is 4.30. The molecule has 4 rings (SSSR count). The Labute approximate surface area is 139 Å². The number of amides is 1. The van der Waals surface area contributed by atoms with Crippen LogP contribution in [0.3, 0.4) is 0 Å². The number of anilines is 1. The Hall–Kier alpha value is -2.26. The van der Waals surface area contributed by atoms with E-state index in [9.17, 15) is 4.79 Å². The van der Waals surface area contributed by atoms with Crippen LogP contribution < -0.4 is 10.6 Å². The second kappa shape index (κ2) is 5.74. The number of pyridine rings is 1. The Balaban J connectivity index is 1.62. The molecule has 3 aromatic rings. The topological polar surface area (TPSA) is 111 Å². The minimum absolute atomic E-state index is 0.263. The van der Waals surface area contributed by atoms with Crippen molar-refractivity contribution in [3.8, 4) is 0 Å². The van der Waals surface area contributed by atoms with Crippen LogP contribution in [0.1, 0.15) is 28.5 Å². The van der Waals surface area contributed by atoms with E-state index in [4.69, 9.17) is 0 Å². The average molecular weight is 376 g/mol. The minimum Gasteiger partial charge on any atom is -0.318 e. The maximum Gasteiger partial charge on any atom is 0.274 e. The van der Waals surface area contributed by atoms with Gasteiger partial charge in [0, 0.05) is 23.1 Å². The predicted octanol–water partition coefficient (Wildman–Crippen LogP) is 1.77. The number of carbonyl (C=O) groups is 1. The molecule has 1 amide bonds. The van der Waals surface area contributed by atoms with E-state index < -0.39 is 0 Å². The first-order valence-electron chi connectivity index (χ1n) is 7.27. The van der Waals surface area contributed by atoms with Crippen LogP contribution in [0.5, 0.6) is 0 Å². The zero-order chi connectivity index (χ0) is 15.8.